The van der Waals surface area contributed by atoms with Crippen LogP contribution in [0.2, 0.25) is 0 Å². The van der Waals surface area contributed by atoms with Gasteiger partial charge in [-0.05, 0) is 36.4 Å². The topological polar surface area (TPSA) is 87.3 Å². The number of ether oxygens (including phenoxy) is 1. The van der Waals surface area contributed by atoms with Gasteiger partial charge in [0.1, 0.15) is 5.82 Å². The molecule has 0 saturated carbocycles. The Morgan fingerprint density at radius 2 is 1.71 bits per heavy atom. The fraction of sp³-hybridized carbons (Fsp3) is 0.125. The first-order valence-electron chi connectivity index (χ1n) is 9.89. The van der Waals surface area contributed by atoms with Crippen LogP contribution in [-0.4, -0.2) is 42.0 Å². The van der Waals surface area contributed by atoms with Crippen molar-refractivity contribution in [2.24, 2.45) is 0 Å². The molecule has 0 fully saturated rings. The lowest BCUT2D eigenvalue weighted by atomic mass is 10.2. The van der Waals surface area contributed by atoms with Crippen LogP contribution in [0, 0.1) is 0 Å². The minimum Gasteiger partial charge on any atom is -0.464 e. The lowest BCUT2D eigenvalue weighted by Crippen LogP contribution is -2.32. The highest BCUT2D eigenvalue weighted by molar-refractivity contribution is 5.94. The summed E-state index contributed by atoms with van der Waals surface area (Å²) in [5.74, 6) is 0.0165. The Morgan fingerprint density at radius 3 is 2.42 bits per heavy atom. The van der Waals surface area contributed by atoms with E-state index in [0.29, 0.717) is 24.5 Å². The van der Waals surface area contributed by atoms with Gasteiger partial charge in [0, 0.05) is 36.1 Å². The number of amides is 1. The molecular formula is C24H22N4O3. The smallest absolute Gasteiger partial charge is 0.356 e. The molecule has 0 radical (unpaired) electrons. The molecule has 2 aliphatic heterocycles. The maximum absolute atomic E-state index is 12.4. The maximum atomic E-state index is 12.4. The molecule has 4 rings (SSSR count). The second-order valence-electron chi connectivity index (χ2n) is 6.90. The summed E-state index contributed by atoms with van der Waals surface area (Å²) in [5.41, 5.74) is 3.55. The number of fused-ring (bicyclic) bond motifs is 1. The first kappa shape index (κ1) is 20.2. The largest absolute Gasteiger partial charge is 0.464 e. The van der Waals surface area contributed by atoms with E-state index in [0.717, 1.165) is 16.9 Å². The van der Waals surface area contributed by atoms with Gasteiger partial charge in [0.15, 0.2) is 5.69 Å². The van der Waals surface area contributed by atoms with Crippen molar-refractivity contribution >= 4 is 23.3 Å². The zero-order valence-corrected chi connectivity index (χ0v) is 17.0. The average molecular weight is 414 g/mol. The van der Waals surface area contributed by atoms with E-state index in [9.17, 15) is 9.59 Å². The zero-order chi connectivity index (χ0) is 21.6. The molecule has 0 bridgehead atoms. The number of pyridine rings is 1. The summed E-state index contributed by atoms with van der Waals surface area (Å²) in [5, 5.41) is 2.97. The number of carbonyl (C=O) groups is 2. The fourth-order valence-corrected chi connectivity index (χ4v) is 3.35. The number of hydrogen-bond acceptors (Lipinski definition) is 5. The first-order valence-corrected chi connectivity index (χ1v) is 9.89. The van der Waals surface area contributed by atoms with Crippen molar-refractivity contribution < 1.29 is 14.3 Å². The number of methoxy groups -OCH3 is 1. The molecule has 0 aromatic heterocycles. The number of carbonyl (C=O) groups excluding carboxylic acids is 2. The van der Waals surface area contributed by atoms with Crippen LogP contribution < -0.4 is 10.2 Å². The highest BCUT2D eigenvalue weighted by Gasteiger charge is 2.18. The first-order chi connectivity index (χ1) is 15.2. The zero-order valence-electron chi connectivity index (χ0n) is 17.0. The van der Waals surface area contributed by atoms with E-state index in [-0.39, 0.29) is 11.6 Å². The Labute approximate surface area is 180 Å². The van der Waals surface area contributed by atoms with Gasteiger partial charge >= 0.3 is 5.97 Å². The Morgan fingerprint density at radius 1 is 1.00 bits per heavy atom. The second-order valence-corrected chi connectivity index (χ2v) is 6.90. The summed E-state index contributed by atoms with van der Waals surface area (Å²) in [6.07, 6.45) is 1.84. The molecule has 0 spiro atoms. The lowest BCUT2D eigenvalue weighted by molar-refractivity contribution is 0.0595. The van der Waals surface area contributed by atoms with Crippen LogP contribution in [-0.2, 0) is 4.74 Å². The van der Waals surface area contributed by atoms with Gasteiger partial charge in [0.2, 0.25) is 0 Å². The van der Waals surface area contributed by atoms with Crippen LogP contribution in [0.5, 0.6) is 0 Å². The van der Waals surface area contributed by atoms with Crippen LogP contribution in [0.25, 0.3) is 11.4 Å². The van der Waals surface area contributed by atoms with Crippen molar-refractivity contribution in [1.29, 1.82) is 0 Å². The Kier molecular flexibility index (Phi) is 5.93. The Hall–Kier alpha value is -4.13. The molecule has 0 saturated heterocycles. The fourth-order valence-electron chi connectivity index (χ4n) is 3.35. The number of anilines is 2. The van der Waals surface area contributed by atoms with Gasteiger partial charge in [0.25, 0.3) is 5.91 Å². The minimum atomic E-state index is -0.477. The summed E-state index contributed by atoms with van der Waals surface area (Å²) < 4.78 is 4.76. The maximum Gasteiger partial charge on any atom is 0.356 e. The van der Waals surface area contributed by atoms with Gasteiger partial charge in [-0.25, -0.2) is 9.78 Å². The Bertz CT molecular complexity index is 1140. The molecule has 1 amide bonds. The summed E-state index contributed by atoms with van der Waals surface area (Å²) in [4.78, 5) is 33.7. The highest BCUT2D eigenvalue weighted by Crippen LogP contribution is 2.30. The third-order valence-corrected chi connectivity index (χ3v) is 4.89. The number of nitrogens with one attached hydrogen (secondary N) is 2. The number of esters is 1. The summed E-state index contributed by atoms with van der Waals surface area (Å²) >= 11 is 0. The molecule has 2 aromatic rings. The normalized spacial score (nSPS) is 10.6. The van der Waals surface area contributed by atoms with Crippen LogP contribution in [0.15, 0.2) is 79.0 Å². The van der Waals surface area contributed by atoms with E-state index in [1.807, 2.05) is 60.8 Å². The minimum absolute atomic E-state index is 0.112. The van der Waals surface area contributed by atoms with Gasteiger partial charge < -0.3 is 19.9 Å². The van der Waals surface area contributed by atoms with Gasteiger partial charge in [0.05, 0.1) is 12.8 Å². The Balaban J connectivity index is 1.56. The summed E-state index contributed by atoms with van der Waals surface area (Å²) in [7, 11) is 1.33. The molecule has 0 aliphatic carbocycles. The van der Waals surface area contributed by atoms with E-state index < -0.39 is 5.97 Å². The predicted octanol–water partition coefficient (Wildman–Crippen LogP) is 3.87. The molecule has 7 heteroatoms. The van der Waals surface area contributed by atoms with Crippen LogP contribution in [0.3, 0.4) is 0 Å². The van der Waals surface area contributed by atoms with E-state index in [1.54, 1.807) is 18.2 Å². The van der Waals surface area contributed by atoms with Crippen molar-refractivity contribution in [3.63, 3.8) is 0 Å². The summed E-state index contributed by atoms with van der Waals surface area (Å²) in [6, 6.07) is 22.7. The van der Waals surface area contributed by atoms with Gasteiger partial charge in [-0.1, -0.05) is 36.4 Å². The van der Waals surface area contributed by atoms with E-state index in [1.165, 1.54) is 7.11 Å². The quantitative estimate of drug-likeness (QED) is 0.448. The molecule has 156 valence electrons. The molecule has 2 aliphatic rings. The summed E-state index contributed by atoms with van der Waals surface area (Å²) in [6.45, 7) is 1.01. The van der Waals surface area contributed by atoms with Gasteiger partial charge in [-0.15, -0.1) is 0 Å². The van der Waals surface area contributed by atoms with Crippen LogP contribution in [0.1, 0.15) is 20.8 Å². The third kappa shape index (κ3) is 4.56. The van der Waals surface area contributed by atoms with Crippen LogP contribution >= 0.6 is 0 Å². The molecule has 31 heavy (non-hydrogen) atoms. The number of hydrogen-bond donors (Lipinski definition) is 2. The van der Waals surface area contributed by atoms with Crippen LogP contribution in [0.4, 0.5) is 11.4 Å². The number of nitrogens with zero attached hydrogens (tertiary/aromatic N) is 2. The van der Waals surface area contributed by atoms with Crippen molar-refractivity contribution in [1.82, 2.24) is 15.3 Å². The standard InChI is InChI=1S/C24H22N4O3/c1-31-24(30)21-15-18-14-20(16-26-22(18)27-21)28(19-10-6-3-7-11-19)13-12-25-23(29)17-8-4-2-5-9-17/h2-11,14-16H,12-13H2,1H3,(H,25,29)(H,26,27). The highest BCUT2D eigenvalue weighted by atomic mass is 16.5. The molecule has 2 heterocycles. The third-order valence-electron chi connectivity index (χ3n) is 4.89. The van der Waals surface area contributed by atoms with Crippen molar-refractivity contribution in [3.05, 3.63) is 90.3 Å². The van der Waals surface area contributed by atoms with Crippen molar-refractivity contribution in [2.45, 2.75) is 0 Å². The van der Waals surface area contributed by atoms with Crippen molar-refractivity contribution in [3.8, 4) is 11.4 Å². The molecular weight excluding hydrogens is 392 g/mol. The predicted molar refractivity (Wildman–Crippen MR) is 119 cm³/mol. The molecule has 7 nitrogen and oxygen atoms in total. The number of rotatable bonds is 7. The number of para-hydroxylation sites is 1. The monoisotopic (exact) mass is 414 g/mol. The molecule has 0 atom stereocenters. The second kappa shape index (κ2) is 9.13. The average Bonchev–Trinajstić information content (AvgIpc) is 3.26. The lowest BCUT2D eigenvalue weighted by Gasteiger charge is -2.25. The number of aromatic amines is 1. The van der Waals surface area contributed by atoms with E-state index in [2.05, 4.69) is 20.2 Å². The van der Waals surface area contributed by atoms with E-state index >= 15 is 0 Å². The SMILES string of the molecule is COC(=O)c1cc2cc(N(CCNC(=O)c3ccccc3)c3ccccc3)c[nH]c-2n1. The number of benzene rings is 2. The van der Waals surface area contributed by atoms with Crippen molar-refractivity contribution in [2.75, 3.05) is 25.1 Å². The molecule has 2 aromatic carbocycles. The van der Waals surface area contributed by atoms with Gasteiger partial charge in [-0.2, -0.15) is 0 Å². The van der Waals surface area contributed by atoms with Gasteiger partial charge in [-0.3, -0.25) is 4.79 Å². The number of aromatic nitrogens is 2. The molecule has 2 N–H and O–H groups in total. The molecule has 0 unspecified atom stereocenters. The number of H-pyrrole nitrogens is 1. The van der Waals surface area contributed by atoms with E-state index in [4.69, 9.17) is 4.74 Å².